The maximum Gasteiger partial charge on any atom is 0.306 e. The molecule has 0 bridgehead atoms. The summed E-state index contributed by atoms with van der Waals surface area (Å²) in [5.74, 6) is -0.873. The van der Waals surface area contributed by atoms with Crippen LogP contribution in [-0.4, -0.2) is 37.2 Å². The lowest BCUT2D eigenvalue weighted by atomic mass is 10.0. The van der Waals surface area contributed by atoms with E-state index in [4.69, 9.17) is 14.2 Å². The summed E-state index contributed by atoms with van der Waals surface area (Å²) < 4.78 is 17.0. The van der Waals surface area contributed by atoms with Crippen molar-refractivity contribution >= 4 is 17.9 Å². The van der Waals surface area contributed by atoms with Gasteiger partial charge in [-0.3, -0.25) is 14.4 Å². The molecule has 0 rings (SSSR count). The first-order valence-electron chi connectivity index (χ1n) is 33.3. The van der Waals surface area contributed by atoms with E-state index in [1.807, 2.05) is 0 Å². The summed E-state index contributed by atoms with van der Waals surface area (Å²) in [6.45, 7) is 6.65. The van der Waals surface area contributed by atoms with Crippen LogP contribution in [0.5, 0.6) is 0 Å². The van der Waals surface area contributed by atoms with Gasteiger partial charge in [0.05, 0.1) is 0 Å². The maximum absolute atomic E-state index is 12.9. The van der Waals surface area contributed by atoms with E-state index in [2.05, 4.69) is 81.5 Å². The molecule has 0 fully saturated rings. The summed E-state index contributed by atoms with van der Waals surface area (Å²) in [6.07, 6.45) is 82.2. The molecule has 1 unspecified atom stereocenters. The van der Waals surface area contributed by atoms with Crippen molar-refractivity contribution in [3.05, 3.63) is 60.8 Å². The predicted molar refractivity (Wildman–Crippen MR) is 330 cm³/mol. The van der Waals surface area contributed by atoms with Crippen LogP contribution in [0.15, 0.2) is 60.8 Å². The lowest BCUT2D eigenvalue weighted by Gasteiger charge is -2.18. The fourth-order valence-corrected chi connectivity index (χ4v) is 9.72. The van der Waals surface area contributed by atoms with Crippen LogP contribution >= 0.6 is 0 Å². The molecule has 0 N–H and O–H groups in total. The van der Waals surface area contributed by atoms with Gasteiger partial charge in [-0.1, -0.05) is 300 Å². The monoisotopic (exact) mass is 1060 g/mol. The smallest absolute Gasteiger partial charge is 0.306 e. The van der Waals surface area contributed by atoms with E-state index in [0.717, 1.165) is 83.5 Å². The lowest BCUT2D eigenvalue weighted by Crippen LogP contribution is -2.30. The third-order valence-corrected chi connectivity index (χ3v) is 14.7. The van der Waals surface area contributed by atoms with Gasteiger partial charge in [0.1, 0.15) is 13.2 Å². The second-order valence-corrected chi connectivity index (χ2v) is 22.4. The quantitative estimate of drug-likeness (QED) is 0.0261. The second-order valence-electron chi connectivity index (χ2n) is 22.4. The van der Waals surface area contributed by atoms with E-state index in [9.17, 15) is 14.4 Å². The van der Waals surface area contributed by atoms with Crippen LogP contribution in [0.4, 0.5) is 0 Å². The molecule has 76 heavy (non-hydrogen) atoms. The zero-order chi connectivity index (χ0) is 55.0. The van der Waals surface area contributed by atoms with Crippen molar-refractivity contribution in [2.24, 2.45) is 0 Å². The number of rotatable bonds is 61. The van der Waals surface area contributed by atoms with Crippen molar-refractivity contribution in [3.63, 3.8) is 0 Å². The molecule has 6 heteroatoms. The van der Waals surface area contributed by atoms with Crippen LogP contribution in [0.2, 0.25) is 0 Å². The molecule has 0 heterocycles. The first-order valence-corrected chi connectivity index (χ1v) is 33.3. The van der Waals surface area contributed by atoms with Gasteiger partial charge >= 0.3 is 17.9 Å². The van der Waals surface area contributed by atoms with Crippen molar-refractivity contribution in [2.45, 2.75) is 354 Å². The fourth-order valence-electron chi connectivity index (χ4n) is 9.72. The van der Waals surface area contributed by atoms with Gasteiger partial charge in [-0.25, -0.2) is 0 Å². The number of carbonyl (C=O) groups excluding carboxylic acids is 3. The lowest BCUT2D eigenvalue weighted by molar-refractivity contribution is -0.167. The van der Waals surface area contributed by atoms with Gasteiger partial charge in [-0.2, -0.15) is 0 Å². The maximum atomic E-state index is 12.9. The van der Waals surface area contributed by atoms with Crippen LogP contribution in [0.3, 0.4) is 0 Å². The SMILES string of the molecule is CCCCC/C=C\C/C=C\CCCCCCCCCCCC(=O)OC(COC(=O)CCCCCCCC/C=C\C/C=C\C/C=C\CCCCCCC)COC(=O)CCCCCCCCCCCCCCCCCCCC. The highest BCUT2D eigenvalue weighted by Gasteiger charge is 2.19. The van der Waals surface area contributed by atoms with Gasteiger partial charge in [0.15, 0.2) is 6.10 Å². The Bertz CT molecular complexity index is 1360. The summed E-state index contributed by atoms with van der Waals surface area (Å²) in [7, 11) is 0. The predicted octanol–water partition coefficient (Wildman–Crippen LogP) is 22.7. The third-order valence-electron chi connectivity index (χ3n) is 14.7. The summed E-state index contributed by atoms with van der Waals surface area (Å²) >= 11 is 0. The molecule has 0 aliphatic carbocycles. The Morgan fingerprint density at radius 1 is 0.263 bits per heavy atom. The van der Waals surface area contributed by atoms with E-state index in [0.29, 0.717) is 19.3 Å². The van der Waals surface area contributed by atoms with E-state index < -0.39 is 6.10 Å². The molecule has 0 radical (unpaired) electrons. The topological polar surface area (TPSA) is 78.9 Å². The van der Waals surface area contributed by atoms with Crippen LogP contribution in [0.1, 0.15) is 348 Å². The van der Waals surface area contributed by atoms with Crippen LogP contribution in [-0.2, 0) is 28.6 Å². The minimum absolute atomic E-state index is 0.0768. The molecular weight excluding hydrogens is 937 g/mol. The zero-order valence-corrected chi connectivity index (χ0v) is 50.8. The van der Waals surface area contributed by atoms with Crippen LogP contribution in [0, 0.1) is 0 Å². The molecular formula is C70H126O6. The van der Waals surface area contributed by atoms with Gasteiger partial charge in [0.25, 0.3) is 0 Å². The first-order chi connectivity index (χ1) is 37.5. The highest BCUT2D eigenvalue weighted by molar-refractivity contribution is 5.71. The molecule has 0 saturated heterocycles. The van der Waals surface area contributed by atoms with E-state index in [-0.39, 0.29) is 31.1 Å². The van der Waals surface area contributed by atoms with Crippen LogP contribution < -0.4 is 0 Å². The fraction of sp³-hybridized carbons (Fsp3) is 0.814. The van der Waals surface area contributed by atoms with Crippen molar-refractivity contribution in [3.8, 4) is 0 Å². The molecule has 0 aromatic heterocycles. The summed E-state index contributed by atoms with van der Waals surface area (Å²) in [4.78, 5) is 38.4. The minimum atomic E-state index is -0.782. The average Bonchev–Trinajstić information content (AvgIpc) is 3.42. The third kappa shape index (κ3) is 62.0. The average molecular weight is 1060 g/mol. The van der Waals surface area contributed by atoms with E-state index in [1.165, 1.54) is 225 Å². The highest BCUT2D eigenvalue weighted by Crippen LogP contribution is 2.17. The Labute approximate surface area is 472 Å². The second kappa shape index (κ2) is 64.6. The number of esters is 3. The summed E-state index contributed by atoms with van der Waals surface area (Å²) in [5.41, 5.74) is 0. The molecule has 442 valence electrons. The Morgan fingerprint density at radius 2 is 0.474 bits per heavy atom. The number of ether oxygens (including phenoxy) is 3. The van der Waals surface area contributed by atoms with E-state index >= 15 is 0 Å². The first kappa shape index (κ1) is 73.1. The molecule has 0 aromatic rings. The van der Waals surface area contributed by atoms with Gasteiger partial charge in [-0.05, 0) is 89.9 Å². The Kier molecular flexibility index (Phi) is 62.2. The highest BCUT2D eigenvalue weighted by atomic mass is 16.6. The van der Waals surface area contributed by atoms with Crippen molar-refractivity contribution in [1.82, 2.24) is 0 Å². The number of allylic oxidation sites excluding steroid dienone is 10. The van der Waals surface area contributed by atoms with Crippen molar-refractivity contribution < 1.29 is 28.6 Å². The van der Waals surface area contributed by atoms with Gasteiger partial charge < -0.3 is 14.2 Å². The van der Waals surface area contributed by atoms with Crippen molar-refractivity contribution in [1.29, 1.82) is 0 Å². The number of carbonyl (C=O) groups is 3. The zero-order valence-electron chi connectivity index (χ0n) is 50.8. The van der Waals surface area contributed by atoms with E-state index in [1.54, 1.807) is 0 Å². The molecule has 0 aliphatic heterocycles. The number of unbranched alkanes of at least 4 members (excludes halogenated alkanes) is 40. The van der Waals surface area contributed by atoms with Gasteiger partial charge in [0.2, 0.25) is 0 Å². The summed E-state index contributed by atoms with van der Waals surface area (Å²) in [5, 5.41) is 0. The molecule has 0 saturated carbocycles. The van der Waals surface area contributed by atoms with Crippen LogP contribution in [0.25, 0.3) is 0 Å². The Balaban J connectivity index is 4.38. The normalized spacial score (nSPS) is 12.4. The standard InChI is InChI=1S/C70H126O6/c1-4-7-10-13-16-19-22-25-28-31-34-35-37-39-42-45-48-51-54-57-60-63-69(72)75-66-67(65-74-68(71)62-59-56-53-50-47-44-41-38-33-30-27-24-21-18-15-12-9-6-3)76-70(73)64-61-58-55-52-49-46-43-40-36-32-29-26-23-20-17-14-11-8-5-2/h17,20,22,25-26,29,31,34,37,39,67H,4-16,18-19,21,23-24,27-28,30,32-33,35-36,38,40-66H2,1-3H3/b20-17-,25-22-,29-26-,34-31-,39-37-. The Morgan fingerprint density at radius 3 is 0.763 bits per heavy atom. The van der Waals surface area contributed by atoms with Crippen molar-refractivity contribution in [2.75, 3.05) is 13.2 Å². The molecule has 6 nitrogen and oxygen atoms in total. The van der Waals surface area contributed by atoms with Gasteiger partial charge in [-0.15, -0.1) is 0 Å². The molecule has 0 amide bonds. The largest absolute Gasteiger partial charge is 0.462 e. The number of hydrogen-bond acceptors (Lipinski definition) is 6. The minimum Gasteiger partial charge on any atom is -0.462 e. The number of hydrogen-bond donors (Lipinski definition) is 0. The molecule has 0 aromatic carbocycles. The van der Waals surface area contributed by atoms with Gasteiger partial charge in [0, 0.05) is 19.3 Å². The molecule has 0 spiro atoms. The molecule has 1 atom stereocenters. The summed E-state index contributed by atoms with van der Waals surface area (Å²) in [6, 6.07) is 0. The Hall–Kier alpha value is -2.89. The molecule has 0 aliphatic rings.